The summed E-state index contributed by atoms with van der Waals surface area (Å²) in [6.07, 6.45) is 3.72. The zero-order valence-corrected chi connectivity index (χ0v) is 10.3. The van der Waals surface area contributed by atoms with Gasteiger partial charge in [-0.2, -0.15) is 0 Å². The average molecular weight is 227 g/mol. The molecule has 1 aliphatic carbocycles. The van der Waals surface area contributed by atoms with E-state index in [0.29, 0.717) is 12.5 Å². The molecule has 0 aliphatic heterocycles. The molecule has 0 heterocycles. The molecule has 0 unspecified atom stereocenters. The smallest absolute Gasteiger partial charge is 0.303 e. The minimum Gasteiger partial charge on any atom is -0.481 e. The van der Waals surface area contributed by atoms with Gasteiger partial charge in [0.15, 0.2) is 0 Å². The Kier molecular flexibility index (Phi) is 3.94. The Morgan fingerprint density at radius 3 is 2.25 bits per heavy atom. The van der Waals surface area contributed by atoms with E-state index in [1.807, 2.05) is 20.9 Å². The van der Waals surface area contributed by atoms with E-state index in [4.69, 9.17) is 5.11 Å². The number of amides is 1. The molecular formula is C12H21NO3. The van der Waals surface area contributed by atoms with Gasteiger partial charge >= 0.3 is 5.97 Å². The molecule has 1 saturated carbocycles. The minimum atomic E-state index is -0.843. The highest BCUT2D eigenvalue weighted by atomic mass is 16.4. The molecule has 1 amide bonds. The monoisotopic (exact) mass is 227 g/mol. The Morgan fingerprint density at radius 2 is 1.88 bits per heavy atom. The Morgan fingerprint density at radius 1 is 1.31 bits per heavy atom. The summed E-state index contributed by atoms with van der Waals surface area (Å²) in [5.74, 6) is -0.778. The summed E-state index contributed by atoms with van der Waals surface area (Å²) in [6, 6.07) is 0.383. The van der Waals surface area contributed by atoms with Gasteiger partial charge in [0, 0.05) is 19.5 Å². The number of hydrogen-bond acceptors (Lipinski definition) is 2. The molecule has 0 aromatic rings. The van der Waals surface area contributed by atoms with Crippen molar-refractivity contribution >= 4 is 11.9 Å². The van der Waals surface area contributed by atoms with Crippen molar-refractivity contribution in [1.82, 2.24) is 4.90 Å². The normalized spacial score (nSPS) is 16.7. The SMILES string of the molecule is CN(C(=O)CC(C)(C)CC(=O)O)C1CCC1. The summed E-state index contributed by atoms with van der Waals surface area (Å²) in [5, 5.41) is 8.74. The van der Waals surface area contributed by atoms with E-state index < -0.39 is 11.4 Å². The first kappa shape index (κ1) is 13.0. The molecule has 0 bridgehead atoms. The van der Waals surface area contributed by atoms with Crippen LogP contribution in [0.5, 0.6) is 0 Å². The molecule has 1 N–H and O–H groups in total. The molecule has 1 aliphatic rings. The van der Waals surface area contributed by atoms with Crippen molar-refractivity contribution in [3.05, 3.63) is 0 Å². The second-order valence-electron chi connectivity index (χ2n) is 5.50. The van der Waals surface area contributed by atoms with E-state index >= 15 is 0 Å². The lowest BCUT2D eigenvalue weighted by Gasteiger charge is -2.36. The van der Waals surface area contributed by atoms with Crippen molar-refractivity contribution in [1.29, 1.82) is 0 Å². The van der Waals surface area contributed by atoms with E-state index in [1.54, 1.807) is 4.90 Å². The fraction of sp³-hybridized carbons (Fsp3) is 0.833. The number of carbonyl (C=O) groups is 2. The molecule has 0 saturated heterocycles. The fourth-order valence-corrected chi connectivity index (χ4v) is 1.98. The lowest BCUT2D eigenvalue weighted by atomic mass is 9.84. The molecule has 1 rings (SSSR count). The maximum atomic E-state index is 11.9. The van der Waals surface area contributed by atoms with E-state index in [9.17, 15) is 9.59 Å². The number of carbonyl (C=O) groups excluding carboxylic acids is 1. The number of carboxylic acid groups (broad SMARTS) is 1. The Balaban J connectivity index is 2.45. The van der Waals surface area contributed by atoms with Gasteiger partial charge in [-0.1, -0.05) is 13.8 Å². The van der Waals surface area contributed by atoms with Gasteiger partial charge < -0.3 is 10.0 Å². The highest BCUT2D eigenvalue weighted by Gasteiger charge is 2.30. The number of nitrogens with zero attached hydrogens (tertiary/aromatic N) is 1. The van der Waals surface area contributed by atoms with Crippen LogP contribution in [0.4, 0.5) is 0 Å². The zero-order chi connectivity index (χ0) is 12.3. The van der Waals surface area contributed by atoms with Crippen LogP contribution in [0.25, 0.3) is 0 Å². The van der Waals surface area contributed by atoms with Crippen molar-refractivity contribution in [2.75, 3.05) is 7.05 Å². The second kappa shape index (κ2) is 4.85. The van der Waals surface area contributed by atoms with Crippen LogP contribution in [0.15, 0.2) is 0 Å². The zero-order valence-electron chi connectivity index (χ0n) is 10.3. The van der Waals surface area contributed by atoms with Crippen LogP contribution >= 0.6 is 0 Å². The Bertz CT molecular complexity index is 282. The maximum Gasteiger partial charge on any atom is 0.303 e. The van der Waals surface area contributed by atoms with Crippen molar-refractivity contribution in [3.8, 4) is 0 Å². The van der Waals surface area contributed by atoms with Crippen LogP contribution in [0.3, 0.4) is 0 Å². The summed E-state index contributed by atoms with van der Waals surface area (Å²) in [5.41, 5.74) is -0.457. The van der Waals surface area contributed by atoms with Crippen LogP contribution < -0.4 is 0 Å². The predicted octanol–water partition coefficient (Wildman–Crippen LogP) is 1.89. The van der Waals surface area contributed by atoms with E-state index in [0.717, 1.165) is 12.8 Å². The molecule has 4 heteroatoms. The minimum absolute atomic E-state index is 0.0389. The molecule has 1 fully saturated rings. The van der Waals surface area contributed by atoms with E-state index in [1.165, 1.54) is 6.42 Å². The van der Waals surface area contributed by atoms with Crippen LogP contribution in [0.1, 0.15) is 46.0 Å². The number of aliphatic carboxylic acids is 1. The first-order chi connectivity index (χ1) is 7.32. The number of rotatable bonds is 5. The fourth-order valence-electron chi connectivity index (χ4n) is 1.98. The summed E-state index contributed by atoms with van der Waals surface area (Å²) in [7, 11) is 1.82. The third-order valence-corrected chi connectivity index (χ3v) is 3.28. The third-order valence-electron chi connectivity index (χ3n) is 3.28. The molecule has 0 aromatic heterocycles. The second-order valence-corrected chi connectivity index (χ2v) is 5.50. The topological polar surface area (TPSA) is 57.6 Å². The van der Waals surface area contributed by atoms with Gasteiger partial charge in [-0.3, -0.25) is 9.59 Å². The maximum absolute atomic E-state index is 11.9. The average Bonchev–Trinajstić information content (AvgIpc) is 1.96. The van der Waals surface area contributed by atoms with Crippen molar-refractivity contribution < 1.29 is 14.7 Å². The van der Waals surface area contributed by atoms with Crippen LogP contribution in [0.2, 0.25) is 0 Å². The van der Waals surface area contributed by atoms with Crippen molar-refractivity contribution in [3.63, 3.8) is 0 Å². The van der Waals surface area contributed by atoms with Crippen molar-refractivity contribution in [2.24, 2.45) is 5.41 Å². The van der Waals surface area contributed by atoms with E-state index in [-0.39, 0.29) is 12.3 Å². The van der Waals surface area contributed by atoms with Gasteiger partial charge in [-0.15, -0.1) is 0 Å². The Hall–Kier alpha value is -1.06. The molecule has 16 heavy (non-hydrogen) atoms. The quantitative estimate of drug-likeness (QED) is 0.780. The largest absolute Gasteiger partial charge is 0.481 e. The van der Waals surface area contributed by atoms with Crippen molar-refractivity contribution in [2.45, 2.75) is 52.0 Å². The highest BCUT2D eigenvalue weighted by molar-refractivity contribution is 5.78. The first-order valence-electron chi connectivity index (χ1n) is 5.79. The standard InChI is InChI=1S/C12H21NO3/c1-12(2,8-11(15)16)7-10(14)13(3)9-5-4-6-9/h9H,4-8H2,1-3H3,(H,15,16). The summed E-state index contributed by atoms with van der Waals surface area (Å²) in [6.45, 7) is 3.65. The van der Waals surface area contributed by atoms with Crippen LogP contribution in [-0.2, 0) is 9.59 Å². The summed E-state index contributed by atoms with van der Waals surface area (Å²) < 4.78 is 0. The molecule has 0 radical (unpaired) electrons. The third kappa shape index (κ3) is 3.51. The van der Waals surface area contributed by atoms with Crippen LogP contribution in [-0.4, -0.2) is 35.0 Å². The summed E-state index contributed by atoms with van der Waals surface area (Å²) in [4.78, 5) is 24.3. The highest BCUT2D eigenvalue weighted by Crippen LogP contribution is 2.29. The van der Waals surface area contributed by atoms with E-state index in [2.05, 4.69) is 0 Å². The molecule has 92 valence electrons. The molecule has 0 atom stereocenters. The van der Waals surface area contributed by atoms with Gasteiger partial charge in [0.2, 0.25) is 5.91 Å². The number of hydrogen-bond donors (Lipinski definition) is 1. The lowest BCUT2D eigenvalue weighted by molar-refractivity contribution is -0.141. The van der Waals surface area contributed by atoms with Crippen LogP contribution in [0, 0.1) is 5.41 Å². The Labute approximate surface area is 96.6 Å². The molecule has 4 nitrogen and oxygen atoms in total. The predicted molar refractivity (Wildman–Crippen MR) is 61.1 cm³/mol. The molecule has 0 aromatic carbocycles. The molecule has 0 spiro atoms. The van der Waals surface area contributed by atoms with Gasteiger partial charge in [0.05, 0.1) is 6.42 Å². The van der Waals surface area contributed by atoms with Gasteiger partial charge in [0.1, 0.15) is 0 Å². The first-order valence-corrected chi connectivity index (χ1v) is 5.79. The van der Waals surface area contributed by atoms with Gasteiger partial charge in [-0.05, 0) is 24.7 Å². The van der Waals surface area contributed by atoms with Gasteiger partial charge in [0.25, 0.3) is 0 Å². The summed E-state index contributed by atoms with van der Waals surface area (Å²) >= 11 is 0. The number of carboxylic acids is 1. The lowest BCUT2D eigenvalue weighted by Crippen LogP contribution is -2.42. The molecular weight excluding hydrogens is 206 g/mol. The van der Waals surface area contributed by atoms with Gasteiger partial charge in [-0.25, -0.2) is 0 Å².